The predicted molar refractivity (Wildman–Crippen MR) is 140 cm³/mol. The summed E-state index contributed by atoms with van der Waals surface area (Å²) >= 11 is 1.95. The first-order valence-electron chi connectivity index (χ1n) is 11.1. The van der Waals surface area contributed by atoms with E-state index in [2.05, 4.69) is 129 Å². The van der Waals surface area contributed by atoms with Crippen LogP contribution >= 0.6 is 11.8 Å². The summed E-state index contributed by atoms with van der Waals surface area (Å²) in [6, 6.07) is 39.6. The lowest BCUT2D eigenvalue weighted by Crippen LogP contribution is -2.06. The molecule has 0 amide bonds. The average molecular weight is 431 g/mol. The highest BCUT2D eigenvalue weighted by molar-refractivity contribution is 8.09. The lowest BCUT2D eigenvalue weighted by Gasteiger charge is -2.30. The van der Waals surface area contributed by atoms with Crippen LogP contribution in [0.5, 0.6) is 0 Å². The van der Waals surface area contributed by atoms with Crippen molar-refractivity contribution in [3.8, 4) is 0 Å². The van der Waals surface area contributed by atoms with E-state index in [1.807, 2.05) is 11.8 Å². The van der Waals surface area contributed by atoms with E-state index in [1.165, 1.54) is 49.4 Å². The van der Waals surface area contributed by atoms with Crippen LogP contribution in [0.2, 0.25) is 0 Å². The largest absolute Gasteiger partial charge is 0.112 e. The minimum absolute atomic E-state index is 0.218. The van der Waals surface area contributed by atoms with E-state index in [0.29, 0.717) is 0 Å². The molecule has 1 atom stereocenters. The van der Waals surface area contributed by atoms with E-state index >= 15 is 0 Å². The van der Waals surface area contributed by atoms with E-state index in [1.54, 1.807) is 0 Å². The Balaban J connectivity index is 1.77. The minimum Gasteiger partial charge on any atom is -0.112 e. The predicted octanol–water partition coefficient (Wildman–Crippen LogP) is 8.74. The van der Waals surface area contributed by atoms with E-state index in [4.69, 9.17) is 0 Å². The van der Waals surface area contributed by atoms with Gasteiger partial charge in [0.15, 0.2) is 0 Å². The van der Waals surface area contributed by atoms with Crippen molar-refractivity contribution in [2.24, 2.45) is 0 Å². The summed E-state index contributed by atoms with van der Waals surface area (Å²) in [5.74, 6) is 0. The first-order chi connectivity index (χ1) is 15.7. The third kappa shape index (κ3) is 4.22. The highest BCUT2D eigenvalue weighted by Gasteiger charge is 2.28. The van der Waals surface area contributed by atoms with Gasteiger partial charge in [0.05, 0.1) is 5.25 Å². The summed E-state index contributed by atoms with van der Waals surface area (Å²) in [7, 11) is 0. The van der Waals surface area contributed by atoms with Gasteiger partial charge >= 0.3 is 0 Å². The highest BCUT2D eigenvalue weighted by atomic mass is 32.2. The van der Waals surface area contributed by atoms with Crippen molar-refractivity contribution >= 4 is 27.8 Å². The fourth-order valence-electron chi connectivity index (χ4n) is 4.20. The monoisotopic (exact) mass is 430 g/mol. The van der Waals surface area contributed by atoms with Gasteiger partial charge in [-0.25, -0.2) is 0 Å². The third-order valence-corrected chi connectivity index (χ3v) is 7.31. The zero-order valence-corrected chi connectivity index (χ0v) is 19.3. The lowest BCUT2D eigenvalue weighted by atomic mass is 9.88. The van der Waals surface area contributed by atoms with Gasteiger partial charge in [-0.15, -0.1) is 11.8 Å². The molecular weight excluding hydrogens is 404 g/mol. The smallest absolute Gasteiger partial charge is 0.0606 e. The number of thioether (sulfide) groups is 1. The van der Waals surface area contributed by atoms with Crippen molar-refractivity contribution < 1.29 is 0 Å². The Kier molecular flexibility index (Phi) is 5.83. The van der Waals surface area contributed by atoms with Gasteiger partial charge in [-0.1, -0.05) is 120 Å². The quantitative estimate of drug-likeness (QED) is 0.312. The Hall–Kier alpha value is -3.29. The number of benzene rings is 4. The minimum atomic E-state index is 0.218. The van der Waals surface area contributed by atoms with E-state index < -0.39 is 0 Å². The highest BCUT2D eigenvalue weighted by Crippen LogP contribution is 2.54. The molecule has 0 fully saturated rings. The molecule has 0 saturated carbocycles. The van der Waals surface area contributed by atoms with Crippen LogP contribution in [-0.4, -0.2) is 0 Å². The van der Waals surface area contributed by atoms with Gasteiger partial charge in [0.2, 0.25) is 0 Å². The Morgan fingerprint density at radius 2 is 1.06 bits per heavy atom. The molecule has 1 heteroatoms. The van der Waals surface area contributed by atoms with Gasteiger partial charge in [-0.2, -0.15) is 0 Å². The first-order valence-corrected chi connectivity index (χ1v) is 11.9. The summed E-state index contributed by atoms with van der Waals surface area (Å²) in [6.07, 6.45) is 2.39. The van der Waals surface area contributed by atoms with Crippen molar-refractivity contribution in [2.75, 3.05) is 0 Å². The molecule has 32 heavy (non-hydrogen) atoms. The second-order valence-corrected chi connectivity index (χ2v) is 9.49. The molecule has 0 aliphatic carbocycles. The molecule has 0 spiro atoms. The Bertz CT molecular complexity index is 1260. The van der Waals surface area contributed by atoms with E-state index in [9.17, 15) is 0 Å². The number of rotatable bonds is 4. The lowest BCUT2D eigenvalue weighted by molar-refractivity contribution is 1.24. The number of aryl methyl sites for hydroxylation is 2. The van der Waals surface area contributed by atoms with Crippen molar-refractivity contribution in [2.45, 2.75) is 19.1 Å². The van der Waals surface area contributed by atoms with Gasteiger partial charge < -0.3 is 0 Å². The van der Waals surface area contributed by atoms with Gasteiger partial charge in [-0.3, -0.25) is 0 Å². The normalized spacial score (nSPS) is 16.1. The molecule has 156 valence electrons. The van der Waals surface area contributed by atoms with E-state index in [0.717, 1.165) is 0 Å². The van der Waals surface area contributed by atoms with Crippen LogP contribution in [0, 0.1) is 13.8 Å². The fourth-order valence-corrected chi connectivity index (χ4v) is 5.58. The molecular formula is C31H26S. The molecule has 4 aromatic carbocycles. The van der Waals surface area contributed by atoms with Crippen LogP contribution in [0.25, 0.3) is 16.1 Å². The van der Waals surface area contributed by atoms with Crippen LogP contribution < -0.4 is 0 Å². The van der Waals surface area contributed by atoms with Crippen molar-refractivity contribution in [1.82, 2.24) is 0 Å². The Labute approximate surface area is 195 Å². The molecule has 5 rings (SSSR count). The summed E-state index contributed by atoms with van der Waals surface area (Å²) < 4.78 is 0. The standard InChI is InChI=1S/C31H26S/c1-22-13-17-25(18-14-22)29-21-28(24-9-5-3-6-10-24)30(26-19-15-23(2)16-20-26)31(32-29)27-11-7-4-8-12-27/h3-21,31H,1-2H3. The molecule has 0 N–H and O–H groups in total. The van der Waals surface area contributed by atoms with Gasteiger partial charge in [-0.05, 0) is 53.3 Å². The Morgan fingerprint density at radius 3 is 1.66 bits per heavy atom. The molecule has 0 saturated heterocycles. The maximum Gasteiger partial charge on any atom is 0.0606 e. The number of hydrogen-bond donors (Lipinski definition) is 0. The number of hydrogen-bond acceptors (Lipinski definition) is 1. The van der Waals surface area contributed by atoms with Gasteiger partial charge in [0.25, 0.3) is 0 Å². The third-order valence-electron chi connectivity index (χ3n) is 5.96. The topological polar surface area (TPSA) is 0 Å². The molecule has 1 aliphatic rings. The summed E-state index contributed by atoms with van der Waals surface area (Å²) in [4.78, 5) is 1.31. The Morgan fingerprint density at radius 1 is 0.531 bits per heavy atom. The second kappa shape index (κ2) is 9.06. The average Bonchev–Trinajstić information content (AvgIpc) is 2.85. The molecule has 0 bridgehead atoms. The zero-order valence-electron chi connectivity index (χ0n) is 18.5. The summed E-state index contributed by atoms with van der Waals surface area (Å²) in [5.41, 5.74) is 10.4. The van der Waals surface area contributed by atoms with E-state index in [-0.39, 0.29) is 5.25 Å². The van der Waals surface area contributed by atoms with Crippen LogP contribution in [0.15, 0.2) is 115 Å². The first kappa shape index (κ1) is 20.6. The van der Waals surface area contributed by atoms with Crippen molar-refractivity contribution in [3.05, 3.63) is 149 Å². The van der Waals surface area contributed by atoms with Gasteiger partial charge in [0, 0.05) is 4.91 Å². The summed E-state index contributed by atoms with van der Waals surface area (Å²) in [5, 5.41) is 0.218. The number of allylic oxidation sites excluding steroid dienone is 2. The van der Waals surface area contributed by atoms with Crippen molar-refractivity contribution in [3.63, 3.8) is 0 Å². The second-order valence-electron chi connectivity index (χ2n) is 8.34. The molecule has 1 unspecified atom stereocenters. The summed E-state index contributed by atoms with van der Waals surface area (Å²) in [6.45, 7) is 4.29. The van der Waals surface area contributed by atoms with Crippen LogP contribution in [0.4, 0.5) is 0 Å². The molecule has 1 heterocycles. The molecule has 0 radical (unpaired) electrons. The SMILES string of the molecule is Cc1ccc(C2=CC(c3ccccc3)=C(c3ccc(C)cc3)C(c3ccccc3)S2)cc1. The molecule has 1 aliphatic heterocycles. The van der Waals surface area contributed by atoms with Crippen LogP contribution in [-0.2, 0) is 0 Å². The maximum absolute atomic E-state index is 2.39. The fraction of sp³-hybridized carbons (Fsp3) is 0.0968. The zero-order chi connectivity index (χ0) is 21.9. The van der Waals surface area contributed by atoms with Crippen LogP contribution in [0.3, 0.4) is 0 Å². The molecule has 0 nitrogen and oxygen atoms in total. The molecule has 4 aromatic rings. The van der Waals surface area contributed by atoms with Gasteiger partial charge in [0.1, 0.15) is 0 Å². The molecule has 0 aromatic heterocycles. The maximum atomic E-state index is 2.39. The van der Waals surface area contributed by atoms with Crippen molar-refractivity contribution in [1.29, 1.82) is 0 Å². The van der Waals surface area contributed by atoms with Crippen LogP contribution in [0.1, 0.15) is 38.6 Å².